The Balaban J connectivity index is 3.25. The summed E-state index contributed by atoms with van der Waals surface area (Å²) in [4.78, 5) is 3.15. The van der Waals surface area contributed by atoms with Crippen LogP contribution in [0.4, 0.5) is 32.0 Å². The molecule has 1 rings (SSSR count). The molecule has 0 aliphatic heterocycles. The first-order chi connectivity index (χ1) is 9.59. The Morgan fingerprint density at radius 1 is 1.10 bits per heavy atom. The van der Waals surface area contributed by atoms with E-state index in [1.165, 1.54) is 19.2 Å². The highest BCUT2D eigenvalue weighted by Crippen LogP contribution is 2.40. The zero-order valence-electron chi connectivity index (χ0n) is 10.5. The average molecular weight is 310 g/mol. The van der Waals surface area contributed by atoms with Gasteiger partial charge in [-0.3, -0.25) is 0 Å². The van der Waals surface area contributed by atoms with E-state index in [0.29, 0.717) is 5.75 Å². The third-order valence-corrected chi connectivity index (χ3v) is 2.36. The normalized spacial score (nSPS) is 13.2. The third-order valence-electron chi connectivity index (χ3n) is 2.36. The summed E-state index contributed by atoms with van der Waals surface area (Å²) in [6.07, 6.45) is -11.3. The van der Waals surface area contributed by atoms with Crippen LogP contribution in [0.1, 0.15) is 0 Å². The zero-order valence-corrected chi connectivity index (χ0v) is 10.5. The largest absolute Gasteiger partial charge is 0.497 e. The van der Waals surface area contributed by atoms with Crippen molar-refractivity contribution < 1.29 is 31.1 Å². The number of alkyl halides is 6. The van der Waals surface area contributed by atoms with Gasteiger partial charge in [0.25, 0.3) is 0 Å². The van der Waals surface area contributed by atoms with Gasteiger partial charge in [-0.2, -0.15) is 31.6 Å². The molecule has 3 nitrogen and oxygen atoms in total. The van der Waals surface area contributed by atoms with E-state index >= 15 is 0 Å². The molecule has 0 bridgehead atoms. The van der Waals surface area contributed by atoms with Crippen LogP contribution in [0.3, 0.4) is 0 Å². The van der Waals surface area contributed by atoms with Gasteiger partial charge in [-0.05, 0) is 24.3 Å². The second-order valence-electron chi connectivity index (χ2n) is 3.82. The quantitative estimate of drug-likeness (QED) is 0.625. The first-order valence-electron chi connectivity index (χ1n) is 5.35. The molecule has 0 saturated carbocycles. The second kappa shape index (κ2) is 6.03. The smallest absolute Gasteiger partial charge is 0.406 e. The van der Waals surface area contributed by atoms with Crippen LogP contribution in [0, 0.1) is 17.2 Å². The first kappa shape index (κ1) is 16.8. The standard InChI is InChI=1S/C12H8F6N2O/c1-21-8-4-2-7(3-5-8)20-9(6-19)10(11(13,14)15)12(16,17)18/h2-5,10H,1H3. The molecule has 0 heterocycles. The molecule has 1 aromatic rings. The minimum absolute atomic E-state index is 0.217. The second-order valence-corrected chi connectivity index (χ2v) is 3.82. The van der Waals surface area contributed by atoms with Gasteiger partial charge in [0.05, 0.1) is 12.8 Å². The highest BCUT2D eigenvalue weighted by atomic mass is 19.4. The molecule has 0 radical (unpaired) electrons. The molecule has 114 valence electrons. The Bertz CT molecular complexity index is 539. The fourth-order valence-electron chi connectivity index (χ4n) is 1.45. The number of hydrogen-bond donors (Lipinski definition) is 0. The number of nitriles is 1. The van der Waals surface area contributed by atoms with Gasteiger partial charge in [0.1, 0.15) is 17.5 Å². The lowest BCUT2D eigenvalue weighted by Crippen LogP contribution is -2.41. The molecule has 1 aromatic carbocycles. The number of benzene rings is 1. The summed E-state index contributed by atoms with van der Waals surface area (Å²) in [5.74, 6) is -3.58. The molecule has 21 heavy (non-hydrogen) atoms. The molecule has 0 spiro atoms. The van der Waals surface area contributed by atoms with Crippen molar-refractivity contribution in [2.45, 2.75) is 12.4 Å². The Labute approximate surface area is 115 Å². The van der Waals surface area contributed by atoms with Crippen molar-refractivity contribution in [2.24, 2.45) is 10.9 Å². The van der Waals surface area contributed by atoms with Crippen LogP contribution in [-0.4, -0.2) is 25.2 Å². The van der Waals surface area contributed by atoms with Crippen molar-refractivity contribution >= 4 is 11.4 Å². The Morgan fingerprint density at radius 2 is 1.57 bits per heavy atom. The van der Waals surface area contributed by atoms with Crippen LogP contribution in [-0.2, 0) is 0 Å². The fourth-order valence-corrected chi connectivity index (χ4v) is 1.45. The van der Waals surface area contributed by atoms with Gasteiger partial charge in [0.2, 0.25) is 5.92 Å². The molecule has 0 aromatic heterocycles. The molecule has 0 amide bonds. The molecule has 0 atom stereocenters. The maximum atomic E-state index is 12.5. The number of halogens is 6. The van der Waals surface area contributed by atoms with E-state index in [1.807, 2.05) is 0 Å². The van der Waals surface area contributed by atoms with Crippen molar-refractivity contribution in [3.8, 4) is 11.8 Å². The van der Waals surface area contributed by atoms with Crippen molar-refractivity contribution in [1.82, 2.24) is 0 Å². The van der Waals surface area contributed by atoms with Gasteiger partial charge >= 0.3 is 12.4 Å². The predicted molar refractivity (Wildman–Crippen MR) is 61.3 cm³/mol. The average Bonchev–Trinajstić information content (AvgIpc) is 2.35. The highest BCUT2D eigenvalue weighted by molar-refractivity contribution is 6.02. The molecule has 0 unspecified atom stereocenters. The summed E-state index contributed by atoms with van der Waals surface area (Å²) in [5, 5.41) is 8.58. The van der Waals surface area contributed by atoms with E-state index in [0.717, 1.165) is 18.2 Å². The molecule has 0 aliphatic carbocycles. The molecular weight excluding hydrogens is 302 g/mol. The minimum Gasteiger partial charge on any atom is -0.497 e. The lowest BCUT2D eigenvalue weighted by molar-refractivity contribution is -0.260. The van der Waals surface area contributed by atoms with Crippen molar-refractivity contribution in [3.05, 3.63) is 24.3 Å². The zero-order chi connectivity index (χ0) is 16.3. The van der Waals surface area contributed by atoms with E-state index in [4.69, 9.17) is 10.00 Å². The molecule has 9 heteroatoms. The van der Waals surface area contributed by atoms with Crippen LogP contribution in [0.5, 0.6) is 5.75 Å². The number of hydrogen-bond acceptors (Lipinski definition) is 3. The molecule has 0 fully saturated rings. The number of aliphatic imine (C=N–C) groups is 1. The van der Waals surface area contributed by atoms with E-state index in [-0.39, 0.29) is 5.69 Å². The lowest BCUT2D eigenvalue weighted by atomic mass is 10.0. The van der Waals surface area contributed by atoms with Crippen LogP contribution < -0.4 is 4.74 Å². The van der Waals surface area contributed by atoms with Crippen LogP contribution in [0.15, 0.2) is 29.3 Å². The summed E-state index contributed by atoms with van der Waals surface area (Å²) < 4.78 is 79.8. The number of rotatable bonds is 3. The van der Waals surface area contributed by atoms with Gasteiger partial charge < -0.3 is 4.74 Å². The van der Waals surface area contributed by atoms with E-state index in [1.54, 1.807) is 0 Å². The highest BCUT2D eigenvalue weighted by Gasteiger charge is 2.59. The van der Waals surface area contributed by atoms with Gasteiger partial charge in [0.15, 0.2) is 0 Å². The van der Waals surface area contributed by atoms with Crippen LogP contribution >= 0.6 is 0 Å². The minimum atomic E-state index is -5.65. The maximum Gasteiger partial charge on any atom is 0.406 e. The molecule has 0 N–H and O–H groups in total. The van der Waals surface area contributed by atoms with Crippen molar-refractivity contribution in [1.29, 1.82) is 5.26 Å². The van der Waals surface area contributed by atoms with Crippen molar-refractivity contribution in [3.63, 3.8) is 0 Å². The predicted octanol–water partition coefficient (Wildman–Crippen LogP) is 4.03. The molecule has 0 saturated heterocycles. The fraction of sp³-hybridized carbons (Fsp3) is 0.333. The van der Waals surface area contributed by atoms with Crippen molar-refractivity contribution in [2.75, 3.05) is 7.11 Å². The number of ether oxygens (including phenoxy) is 1. The van der Waals surface area contributed by atoms with Gasteiger partial charge in [0, 0.05) is 0 Å². The molecular formula is C12H8F6N2O. The monoisotopic (exact) mass is 310 g/mol. The SMILES string of the molecule is COc1ccc(N=C(C#N)C(C(F)(F)F)C(F)(F)F)cc1. The Hall–Kier alpha value is -2.24. The van der Waals surface area contributed by atoms with Crippen LogP contribution in [0.25, 0.3) is 0 Å². The van der Waals surface area contributed by atoms with Crippen LogP contribution in [0.2, 0.25) is 0 Å². The van der Waals surface area contributed by atoms with E-state index in [2.05, 4.69) is 4.99 Å². The van der Waals surface area contributed by atoms with Gasteiger partial charge in [-0.15, -0.1) is 0 Å². The Kier molecular flexibility index (Phi) is 4.83. The third kappa shape index (κ3) is 4.37. The summed E-state index contributed by atoms with van der Waals surface area (Å²) in [6.45, 7) is 0. The van der Waals surface area contributed by atoms with E-state index < -0.39 is 24.0 Å². The van der Waals surface area contributed by atoms with Gasteiger partial charge in [-0.1, -0.05) is 0 Å². The van der Waals surface area contributed by atoms with Gasteiger partial charge in [-0.25, -0.2) is 4.99 Å². The summed E-state index contributed by atoms with van der Waals surface area (Å²) in [7, 11) is 1.34. The summed E-state index contributed by atoms with van der Waals surface area (Å²) in [5.41, 5.74) is -1.88. The Morgan fingerprint density at radius 3 is 1.90 bits per heavy atom. The lowest BCUT2D eigenvalue weighted by Gasteiger charge is -2.21. The molecule has 0 aliphatic rings. The number of methoxy groups -OCH3 is 1. The first-order valence-corrected chi connectivity index (χ1v) is 5.35. The number of nitrogens with zero attached hydrogens (tertiary/aromatic N) is 2. The summed E-state index contributed by atoms with van der Waals surface area (Å²) in [6, 6.07) is 5.74. The summed E-state index contributed by atoms with van der Waals surface area (Å²) >= 11 is 0. The maximum absolute atomic E-state index is 12.5. The van der Waals surface area contributed by atoms with E-state index in [9.17, 15) is 26.3 Å². The topological polar surface area (TPSA) is 45.4 Å².